The molecule has 1 aliphatic rings. The van der Waals surface area contributed by atoms with E-state index in [1.54, 1.807) is 6.07 Å². The number of anilines is 1. The van der Waals surface area contributed by atoms with Gasteiger partial charge in [-0.05, 0) is 60.6 Å². The van der Waals surface area contributed by atoms with Crippen LogP contribution in [0.5, 0.6) is 0 Å². The van der Waals surface area contributed by atoms with Crippen molar-refractivity contribution in [2.45, 2.75) is 32.2 Å². The zero-order valence-corrected chi connectivity index (χ0v) is 14.5. The number of nitrogens with zero attached hydrogens (tertiary/aromatic N) is 1. The van der Waals surface area contributed by atoms with Gasteiger partial charge in [-0.2, -0.15) is 12.7 Å². The first-order chi connectivity index (χ1) is 9.81. The first-order valence-corrected chi connectivity index (χ1v) is 9.15. The maximum absolute atomic E-state index is 12.4. The summed E-state index contributed by atoms with van der Waals surface area (Å²) in [5, 5.41) is 9.20. The fourth-order valence-electron chi connectivity index (χ4n) is 2.41. The molecule has 0 amide bonds. The lowest BCUT2D eigenvalue weighted by atomic mass is 10.1. The van der Waals surface area contributed by atoms with E-state index in [0.717, 1.165) is 22.8 Å². The zero-order valence-electron chi connectivity index (χ0n) is 11.5. The Morgan fingerprint density at radius 3 is 2.76 bits per heavy atom. The molecule has 1 aromatic rings. The molecule has 21 heavy (non-hydrogen) atoms. The van der Waals surface area contributed by atoms with Crippen molar-refractivity contribution in [2.75, 3.05) is 11.3 Å². The molecule has 0 aliphatic carbocycles. The van der Waals surface area contributed by atoms with Crippen LogP contribution in [0.4, 0.5) is 5.69 Å². The molecule has 1 heterocycles. The summed E-state index contributed by atoms with van der Waals surface area (Å²) in [5.74, 6) is -1.15. The van der Waals surface area contributed by atoms with Gasteiger partial charge in [0.25, 0.3) is 0 Å². The third kappa shape index (κ3) is 3.86. The van der Waals surface area contributed by atoms with Gasteiger partial charge in [0.15, 0.2) is 0 Å². The van der Waals surface area contributed by atoms with Gasteiger partial charge in [-0.3, -0.25) is 4.72 Å². The number of hydrogen-bond donors (Lipinski definition) is 2. The summed E-state index contributed by atoms with van der Waals surface area (Å²) in [6.45, 7) is 2.33. The Hall–Kier alpha value is -0.870. The lowest BCUT2D eigenvalue weighted by Crippen LogP contribution is -2.45. The first-order valence-electron chi connectivity index (χ1n) is 6.63. The van der Waals surface area contributed by atoms with Crippen molar-refractivity contribution >= 4 is 44.5 Å². The molecule has 1 fully saturated rings. The molecule has 0 aromatic heterocycles. The van der Waals surface area contributed by atoms with Gasteiger partial charge in [0, 0.05) is 16.2 Å². The smallest absolute Gasteiger partial charge is 0.337 e. The number of piperidine rings is 1. The number of halogens is 1. The van der Waals surface area contributed by atoms with Crippen molar-refractivity contribution in [3.05, 3.63) is 27.3 Å². The predicted molar refractivity (Wildman–Crippen MR) is 88.7 cm³/mol. The largest absolute Gasteiger partial charge is 0.478 e. The maximum Gasteiger partial charge on any atom is 0.337 e. The Labute approximate surface area is 137 Å². The average molecular weight is 424 g/mol. The number of carboxylic acid groups (broad SMARTS) is 1. The molecule has 0 bridgehead atoms. The second-order valence-corrected chi connectivity index (χ2v) is 7.93. The molecule has 6 nitrogen and oxygen atoms in total. The minimum absolute atomic E-state index is 0.0462. The van der Waals surface area contributed by atoms with Crippen LogP contribution in [0.25, 0.3) is 0 Å². The number of rotatable bonds is 4. The first kappa shape index (κ1) is 16.5. The third-order valence-electron chi connectivity index (χ3n) is 3.50. The van der Waals surface area contributed by atoms with Gasteiger partial charge in [0.1, 0.15) is 0 Å². The summed E-state index contributed by atoms with van der Waals surface area (Å²) in [6, 6.07) is 4.52. The highest BCUT2D eigenvalue weighted by Crippen LogP contribution is 2.24. The molecule has 0 radical (unpaired) electrons. The fraction of sp³-hybridized carbons (Fsp3) is 0.462. The van der Waals surface area contributed by atoms with Gasteiger partial charge in [0.05, 0.1) is 11.3 Å². The summed E-state index contributed by atoms with van der Waals surface area (Å²) in [6.07, 6.45) is 2.65. The van der Waals surface area contributed by atoms with Crippen LogP contribution in [-0.2, 0) is 10.2 Å². The van der Waals surface area contributed by atoms with Crippen LogP contribution in [0.15, 0.2) is 18.2 Å². The van der Waals surface area contributed by atoms with Crippen LogP contribution < -0.4 is 4.72 Å². The van der Waals surface area contributed by atoms with Gasteiger partial charge in [-0.25, -0.2) is 4.79 Å². The predicted octanol–water partition coefficient (Wildman–Crippen LogP) is 2.52. The summed E-state index contributed by atoms with van der Waals surface area (Å²) >= 11 is 1.99. The number of hydrogen-bond acceptors (Lipinski definition) is 3. The monoisotopic (exact) mass is 424 g/mol. The Bertz CT molecular complexity index is 648. The van der Waals surface area contributed by atoms with Crippen molar-refractivity contribution in [3.63, 3.8) is 0 Å². The normalized spacial score (nSPS) is 20.2. The van der Waals surface area contributed by atoms with E-state index in [0.29, 0.717) is 6.54 Å². The minimum atomic E-state index is -3.74. The summed E-state index contributed by atoms with van der Waals surface area (Å²) in [4.78, 5) is 11.2. The second-order valence-electron chi connectivity index (χ2n) is 5.06. The molecular formula is C13H17IN2O4S. The summed E-state index contributed by atoms with van der Waals surface area (Å²) in [7, 11) is -3.74. The van der Waals surface area contributed by atoms with Crippen molar-refractivity contribution < 1.29 is 18.3 Å². The van der Waals surface area contributed by atoms with E-state index in [2.05, 4.69) is 4.72 Å². The number of carboxylic acids is 1. The van der Waals surface area contributed by atoms with Crippen LogP contribution in [0.2, 0.25) is 0 Å². The van der Waals surface area contributed by atoms with E-state index in [-0.39, 0.29) is 17.3 Å². The standard InChI is InChI=1S/C13H17IN2O4S/c1-9-4-2-3-7-16(9)21(19,20)15-12-6-5-10(14)8-11(12)13(17)18/h5-6,8-9,15H,2-4,7H2,1H3,(H,17,18). The molecule has 8 heteroatoms. The van der Waals surface area contributed by atoms with Gasteiger partial charge in [0.2, 0.25) is 0 Å². The third-order valence-corrected chi connectivity index (χ3v) is 5.81. The number of nitrogens with one attached hydrogen (secondary N) is 1. The van der Waals surface area contributed by atoms with E-state index in [4.69, 9.17) is 0 Å². The molecular weight excluding hydrogens is 407 g/mol. The van der Waals surface area contributed by atoms with Crippen molar-refractivity contribution in [1.29, 1.82) is 0 Å². The van der Waals surface area contributed by atoms with E-state index < -0.39 is 16.2 Å². The van der Waals surface area contributed by atoms with Crippen LogP contribution in [0, 0.1) is 3.57 Å². The quantitative estimate of drug-likeness (QED) is 0.728. The summed E-state index contributed by atoms with van der Waals surface area (Å²) in [5.41, 5.74) is 0.0517. The van der Waals surface area contributed by atoms with Gasteiger partial charge < -0.3 is 5.11 Å². The lowest BCUT2D eigenvalue weighted by Gasteiger charge is -2.32. The van der Waals surface area contributed by atoms with E-state index >= 15 is 0 Å². The van der Waals surface area contributed by atoms with E-state index in [1.807, 2.05) is 29.5 Å². The molecule has 1 aliphatic heterocycles. The Morgan fingerprint density at radius 2 is 2.14 bits per heavy atom. The van der Waals surface area contributed by atoms with Crippen LogP contribution in [0.1, 0.15) is 36.5 Å². The van der Waals surface area contributed by atoms with E-state index in [1.165, 1.54) is 16.4 Å². The van der Waals surface area contributed by atoms with Gasteiger partial charge >= 0.3 is 16.2 Å². The maximum atomic E-state index is 12.4. The second kappa shape index (κ2) is 6.49. The molecule has 0 saturated carbocycles. The Balaban J connectivity index is 2.30. The number of benzene rings is 1. The molecule has 1 aromatic carbocycles. The molecule has 0 spiro atoms. The van der Waals surface area contributed by atoms with Gasteiger partial charge in [-0.1, -0.05) is 6.42 Å². The van der Waals surface area contributed by atoms with Crippen molar-refractivity contribution in [3.8, 4) is 0 Å². The average Bonchev–Trinajstić information content (AvgIpc) is 2.40. The molecule has 1 atom stereocenters. The highest BCUT2D eigenvalue weighted by molar-refractivity contribution is 14.1. The Morgan fingerprint density at radius 1 is 1.43 bits per heavy atom. The highest BCUT2D eigenvalue weighted by atomic mass is 127. The molecule has 116 valence electrons. The minimum Gasteiger partial charge on any atom is -0.478 e. The SMILES string of the molecule is CC1CCCCN1S(=O)(=O)Nc1ccc(I)cc1C(=O)O. The van der Waals surface area contributed by atoms with Crippen molar-refractivity contribution in [1.82, 2.24) is 4.31 Å². The van der Waals surface area contributed by atoms with Crippen molar-refractivity contribution in [2.24, 2.45) is 0 Å². The number of carbonyl (C=O) groups is 1. The number of aromatic carboxylic acids is 1. The lowest BCUT2D eigenvalue weighted by molar-refractivity contribution is 0.0698. The fourth-order valence-corrected chi connectivity index (χ4v) is 4.42. The zero-order chi connectivity index (χ0) is 15.6. The van der Waals surface area contributed by atoms with Gasteiger partial charge in [-0.15, -0.1) is 0 Å². The highest BCUT2D eigenvalue weighted by Gasteiger charge is 2.30. The van der Waals surface area contributed by atoms with Crippen LogP contribution >= 0.6 is 22.6 Å². The molecule has 1 unspecified atom stereocenters. The van der Waals surface area contributed by atoms with E-state index in [9.17, 15) is 18.3 Å². The molecule has 1 saturated heterocycles. The molecule has 2 N–H and O–H groups in total. The van der Waals surface area contributed by atoms with Crippen LogP contribution in [-0.4, -0.2) is 36.4 Å². The molecule has 2 rings (SSSR count). The Kier molecular flexibility index (Phi) is 5.10. The summed E-state index contributed by atoms with van der Waals surface area (Å²) < 4.78 is 29.4. The topological polar surface area (TPSA) is 86.7 Å². The van der Waals surface area contributed by atoms with Crippen LogP contribution in [0.3, 0.4) is 0 Å².